The van der Waals surface area contributed by atoms with Crippen molar-refractivity contribution in [2.75, 3.05) is 19.6 Å². The first-order valence-electron chi connectivity index (χ1n) is 8.63. The van der Waals surface area contributed by atoms with Gasteiger partial charge in [-0.05, 0) is 31.0 Å². The van der Waals surface area contributed by atoms with E-state index in [0.29, 0.717) is 0 Å². The maximum absolute atomic E-state index is 12.6. The average Bonchev–Trinajstić information content (AvgIpc) is 3.22. The van der Waals surface area contributed by atoms with Crippen molar-refractivity contribution in [2.45, 2.75) is 38.3 Å². The number of nitrogens with one attached hydrogen (secondary N) is 1. The van der Waals surface area contributed by atoms with E-state index in [1.54, 1.807) is 6.20 Å². The number of hydrogen-bond donors (Lipinski definition) is 1. The molecule has 0 unspecified atom stereocenters. The van der Waals surface area contributed by atoms with Crippen LogP contribution in [-0.2, 0) is 24.2 Å². The van der Waals surface area contributed by atoms with Gasteiger partial charge in [-0.25, -0.2) is 0 Å². The first-order chi connectivity index (χ1) is 11.8. The molecule has 0 saturated carbocycles. The van der Waals surface area contributed by atoms with Crippen LogP contribution in [0.5, 0.6) is 0 Å². The van der Waals surface area contributed by atoms with Crippen LogP contribution in [0.1, 0.15) is 30.1 Å². The highest BCUT2D eigenvalue weighted by Crippen LogP contribution is 2.15. The summed E-state index contributed by atoms with van der Waals surface area (Å²) < 4.78 is 2.17. The molecule has 1 atom stereocenters. The largest absolute Gasteiger partial charge is 0.339 e. The minimum atomic E-state index is 0.00316. The smallest absolute Gasteiger partial charge is 0.239 e. The molecular formula is C17H22N6O. The quantitative estimate of drug-likeness (QED) is 0.884. The molecule has 4 heterocycles. The minimum Gasteiger partial charge on any atom is -0.339 e. The van der Waals surface area contributed by atoms with Crippen LogP contribution in [0.3, 0.4) is 0 Å². The number of pyridine rings is 1. The summed E-state index contributed by atoms with van der Waals surface area (Å²) >= 11 is 0. The molecular weight excluding hydrogens is 304 g/mol. The molecule has 0 radical (unpaired) electrons. The van der Waals surface area contributed by atoms with E-state index in [0.717, 1.165) is 69.1 Å². The lowest BCUT2D eigenvalue weighted by atomic mass is 10.2. The molecule has 2 aromatic rings. The second kappa shape index (κ2) is 6.68. The fraction of sp³-hybridized carbons (Fsp3) is 0.529. The third kappa shape index (κ3) is 3.03. The Bertz CT molecular complexity index is 707. The van der Waals surface area contributed by atoms with Crippen molar-refractivity contribution in [2.24, 2.45) is 0 Å². The van der Waals surface area contributed by atoms with Crippen molar-refractivity contribution in [3.63, 3.8) is 0 Å². The van der Waals surface area contributed by atoms with Crippen molar-refractivity contribution < 1.29 is 4.79 Å². The molecule has 24 heavy (non-hydrogen) atoms. The normalized spacial score (nSPS) is 20.7. The summed E-state index contributed by atoms with van der Waals surface area (Å²) in [6, 6.07) is 3.99. The van der Waals surface area contributed by atoms with E-state index in [1.165, 1.54) is 0 Å². The number of rotatable bonds is 3. The molecule has 0 aromatic carbocycles. The third-order valence-corrected chi connectivity index (χ3v) is 4.86. The van der Waals surface area contributed by atoms with Gasteiger partial charge in [-0.1, -0.05) is 6.07 Å². The van der Waals surface area contributed by atoms with Gasteiger partial charge >= 0.3 is 0 Å². The van der Waals surface area contributed by atoms with Crippen molar-refractivity contribution in [3.05, 3.63) is 41.7 Å². The van der Waals surface area contributed by atoms with Crippen molar-refractivity contribution >= 4 is 5.91 Å². The Kier molecular flexibility index (Phi) is 4.25. The van der Waals surface area contributed by atoms with Crippen molar-refractivity contribution in [1.82, 2.24) is 30.0 Å². The van der Waals surface area contributed by atoms with Gasteiger partial charge in [0.15, 0.2) is 0 Å². The molecule has 0 bridgehead atoms. The van der Waals surface area contributed by atoms with Gasteiger partial charge in [0.2, 0.25) is 5.91 Å². The predicted molar refractivity (Wildman–Crippen MR) is 88.4 cm³/mol. The molecule has 2 aliphatic heterocycles. The Morgan fingerprint density at radius 2 is 2.25 bits per heavy atom. The molecule has 126 valence electrons. The maximum Gasteiger partial charge on any atom is 0.239 e. The maximum atomic E-state index is 12.6. The molecule has 2 aliphatic rings. The van der Waals surface area contributed by atoms with Gasteiger partial charge < -0.3 is 14.8 Å². The number of carbonyl (C=O) groups is 1. The predicted octanol–water partition coefficient (Wildman–Crippen LogP) is 0.401. The Morgan fingerprint density at radius 3 is 3.04 bits per heavy atom. The highest BCUT2D eigenvalue weighted by Gasteiger charge is 2.28. The van der Waals surface area contributed by atoms with Gasteiger partial charge in [0.05, 0.1) is 6.04 Å². The number of carbonyl (C=O) groups excluding carboxylic acids is 1. The molecule has 7 nitrogen and oxygen atoms in total. The lowest BCUT2D eigenvalue weighted by Gasteiger charge is -2.23. The fourth-order valence-electron chi connectivity index (χ4n) is 3.54. The zero-order valence-corrected chi connectivity index (χ0v) is 13.7. The van der Waals surface area contributed by atoms with E-state index >= 15 is 0 Å². The van der Waals surface area contributed by atoms with Crippen LogP contribution in [-0.4, -0.2) is 56.2 Å². The topological polar surface area (TPSA) is 75.9 Å². The summed E-state index contributed by atoms with van der Waals surface area (Å²) in [5, 5.41) is 12.0. The fourth-order valence-corrected chi connectivity index (χ4v) is 3.54. The van der Waals surface area contributed by atoms with Gasteiger partial charge in [-0.15, -0.1) is 10.2 Å². The molecule has 1 N–H and O–H groups in total. The molecule has 0 aliphatic carbocycles. The number of amides is 1. The van der Waals surface area contributed by atoms with Crippen LogP contribution in [0.25, 0.3) is 0 Å². The number of nitrogens with zero attached hydrogens (tertiary/aromatic N) is 5. The van der Waals surface area contributed by atoms with Gasteiger partial charge in [-0.3, -0.25) is 9.78 Å². The number of aromatic nitrogens is 4. The van der Waals surface area contributed by atoms with Gasteiger partial charge in [-0.2, -0.15) is 0 Å². The standard InChI is InChI=1S/C17H22N6O/c24-17(14-4-2-7-19-14)22-8-5-15-20-21-16(23(15)10-9-22)11-13-3-1-6-18-12-13/h1,3,6,12,14,19H,2,4-5,7-11H2/t14-/m1/s1. The lowest BCUT2D eigenvalue weighted by molar-refractivity contribution is -0.133. The van der Waals surface area contributed by atoms with E-state index in [1.807, 2.05) is 23.2 Å². The lowest BCUT2D eigenvalue weighted by Crippen LogP contribution is -2.44. The summed E-state index contributed by atoms with van der Waals surface area (Å²) in [6.07, 6.45) is 7.16. The van der Waals surface area contributed by atoms with E-state index in [9.17, 15) is 4.79 Å². The highest BCUT2D eigenvalue weighted by molar-refractivity contribution is 5.82. The zero-order chi connectivity index (χ0) is 16.4. The highest BCUT2D eigenvalue weighted by atomic mass is 16.2. The van der Waals surface area contributed by atoms with Crippen molar-refractivity contribution in [1.29, 1.82) is 0 Å². The van der Waals surface area contributed by atoms with Crippen LogP contribution in [0.4, 0.5) is 0 Å². The summed E-state index contributed by atoms with van der Waals surface area (Å²) in [5.74, 6) is 2.16. The molecule has 7 heteroatoms. The minimum absolute atomic E-state index is 0.00316. The van der Waals surface area contributed by atoms with Crippen LogP contribution in [0.15, 0.2) is 24.5 Å². The first kappa shape index (κ1) is 15.3. The summed E-state index contributed by atoms with van der Waals surface area (Å²) in [4.78, 5) is 18.7. The summed E-state index contributed by atoms with van der Waals surface area (Å²) in [5.41, 5.74) is 1.13. The number of fused-ring (bicyclic) bond motifs is 1. The SMILES string of the molecule is O=C([C@H]1CCCN1)N1CCc2nnc(Cc3cccnc3)n2CC1. The van der Waals surface area contributed by atoms with Crippen LogP contribution in [0.2, 0.25) is 0 Å². The van der Waals surface area contributed by atoms with Gasteiger partial charge in [0, 0.05) is 44.9 Å². The second-order valence-corrected chi connectivity index (χ2v) is 6.45. The van der Waals surface area contributed by atoms with Crippen LogP contribution >= 0.6 is 0 Å². The molecule has 1 fully saturated rings. The summed E-state index contributed by atoms with van der Waals surface area (Å²) in [7, 11) is 0. The Hall–Kier alpha value is -2.28. The van der Waals surface area contributed by atoms with E-state index in [-0.39, 0.29) is 11.9 Å². The molecule has 0 spiro atoms. The summed E-state index contributed by atoms with van der Waals surface area (Å²) in [6.45, 7) is 3.16. The van der Waals surface area contributed by atoms with E-state index in [4.69, 9.17) is 0 Å². The van der Waals surface area contributed by atoms with Crippen LogP contribution in [0, 0.1) is 0 Å². The van der Waals surface area contributed by atoms with Crippen LogP contribution < -0.4 is 5.32 Å². The Labute approximate surface area is 141 Å². The molecule has 2 aromatic heterocycles. The first-order valence-corrected chi connectivity index (χ1v) is 8.63. The average molecular weight is 326 g/mol. The Balaban J connectivity index is 1.46. The zero-order valence-electron chi connectivity index (χ0n) is 13.7. The Morgan fingerprint density at radius 1 is 1.29 bits per heavy atom. The molecule has 1 saturated heterocycles. The third-order valence-electron chi connectivity index (χ3n) is 4.86. The second-order valence-electron chi connectivity index (χ2n) is 6.45. The van der Waals surface area contributed by atoms with Gasteiger partial charge in [0.25, 0.3) is 0 Å². The van der Waals surface area contributed by atoms with Crippen molar-refractivity contribution in [3.8, 4) is 0 Å². The molecule has 4 rings (SSSR count). The number of hydrogen-bond acceptors (Lipinski definition) is 5. The van der Waals surface area contributed by atoms with Gasteiger partial charge in [0.1, 0.15) is 11.6 Å². The van der Waals surface area contributed by atoms with E-state index in [2.05, 4.69) is 25.1 Å². The van der Waals surface area contributed by atoms with E-state index < -0.39 is 0 Å². The molecule has 1 amide bonds. The monoisotopic (exact) mass is 326 g/mol.